The van der Waals surface area contributed by atoms with Gasteiger partial charge in [-0.15, -0.1) is 0 Å². The van der Waals surface area contributed by atoms with E-state index in [1.165, 1.54) is 13.0 Å². The third kappa shape index (κ3) is 6.16. The molecule has 0 fully saturated rings. The molecule has 2 atom stereocenters. The van der Waals surface area contributed by atoms with Gasteiger partial charge in [-0.2, -0.15) is 41.3 Å². The first-order chi connectivity index (χ1) is 13.4. The fourth-order valence-electron chi connectivity index (χ4n) is 2.23. The highest BCUT2D eigenvalue weighted by Crippen LogP contribution is 2.29. The van der Waals surface area contributed by atoms with Gasteiger partial charge in [0.1, 0.15) is 17.4 Å². The minimum absolute atomic E-state index is 0.0666. The molecule has 2 heterocycles. The number of pyridine rings is 1. The predicted octanol–water partition coefficient (Wildman–Crippen LogP) is 4.92. The Balaban J connectivity index is 2.50. The fourth-order valence-corrected chi connectivity index (χ4v) is 2.23. The number of nitrogens with one attached hydrogen (secondary N) is 2. The zero-order chi connectivity index (χ0) is 21.8. The van der Waals surface area contributed by atoms with Crippen LogP contribution >= 0.6 is 0 Å². The number of halogens is 6. The number of nitrogens with zero attached hydrogens (tertiary/aromatic N) is 4. The zero-order valence-electron chi connectivity index (χ0n) is 15.9. The van der Waals surface area contributed by atoms with Gasteiger partial charge in [0.05, 0.1) is 0 Å². The second kappa shape index (κ2) is 8.78. The summed E-state index contributed by atoms with van der Waals surface area (Å²) < 4.78 is 78.1. The molecular formula is C17H20F6N6. The highest BCUT2D eigenvalue weighted by atomic mass is 19.4. The lowest BCUT2D eigenvalue weighted by molar-refractivity contribution is -0.143. The van der Waals surface area contributed by atoms with Crippen LogP contribution in [0.25, 0.3) is 11.5 Å². The Morgan fingerprint density at radius 1 is 0.862 bits per heavy atom. The second-order valence-corrected chi connectivity index (χ2v) is 6.31. The Bertz CT molecular complexity index is 823. The molecule has 0 aliphatic rings. The van der Waals surface area contributed by atoms with Crippen LogP contribution in [0.4, 0.5) is 38.2 Å². The van der Waals surface area contributed by atoms with Gasteiger partial charge in [-0.3, -0.25) is 0 Å². The number of anilines is 2. The average Bonchev–Trinajstić information content (AvgIpc) is 2.64. The summed E-state index contributed by atoms with van der Waals surface area (Å²) in [7, 11) is 0. The third-order valence-corrected chi connectivity index (χ3v) is 4.00. The molecule has 0 aliphatic heterocycles. The van der Waals surface area contributed by atoms with Crippen molar-refractivity contribution >= 4 is 11.9 Å². The highest BCUT2D eigenvalue weighted by molar-refractivity contribution is 5.54. The molecule has 0 radical (unpaired) electrons. The SMILES string of the molecule is CC[C@@H](C)Nc1nc(N[C@@H](CC)C(F)(F)F)nc(-c2cccc(C(F)(F)F)n2)n1. The summed E-state index contributed by atoms with van der Waals surface area (Å²) in [5.41, 5.74) is -1.40. The molecule has 0 bridgehead atoms. The van der Waals surface area contributed by atoms with E-state index in [0.29, 0.717) is 6.42 Å². The Morgan fingerprint density at radius 2 is 1.48 bits per heavy atom. The van der Waals surface area contributed by atoms with Gasteiger partial charge in [0.15, 0.2) is 5.82 Å². The molecule has 12 heteroatoms. The standard InChI is InChI=1S/C17H20F6N6/c1-4-9(3)24-14-27-13(10-7-6-8-12(25-10)17(21,22)23)28-15(29-14)26-11(5-2)16(18,19)20/h6-9,11H,4-5H2,1-3H3,(H2,24,26,27,28,29)/t9-,11+/m1/s1. The molecule has 0 saturated carbocycles. The van der Waals surface area contributed by atoms with Crippen LogP contribution in [-0.2, 0) is 6.18 Å². The largest absolute Gasteiger partial charge is 0.433 e. The third-order valence-electron chi connectivity index (χ3n) is 4.00. The number of aromatic nitrogens is 4. The van der Waals surface area contributed by atoms with E-state index in [0.717, 1.165) is 12.1 Å². The van der Waals surface area contributed by atoms with Crippen LogP contribution in [0.2, 0.25) is 0 Å². The van der Waals surface area contributed by atoms with Crippen LogP contribution in [0.1, 0.15) is 39.3 Å². The molecule has 0 aliphatic carbocycles. The number of rotatable bonds is 7. The van der Waals surface area contributed by atoms with Gasteiger partial charge in [-0.05, 0) is 31.9 Å². The normalized spacial score (nSPS) is 14.4. The van der Waals surface area contributed by atoms with E-state index in [4.69, 9.17) is 0 Å². The van der Waals surface area contributed by atoms with Gasteiger partial charge in [-0.1, -0.05) is 19.9 Å². The molecule has 0 spiro atoms. The summed E-state index contributed by atoms with van der Waals surface area (Å²) in [6.07, 6.45) is -8.88. The first-order valence-corrected chi connectivity index (χ1v) is 8.84. The molecule has 29 heavy (non-hydrogen) atoms. The van der Waals surface area contributed by atoms with Crippen molar-refractivity contribution in [1.82, 2.24) is 19.9 Å². The number of hydrogen-bond acceptors (Lipinski definition) is 6. The molecule has 2 N–H and O–H groups in total. The van der Waals surface area contributed by atoms with Crippen molar-refractivity contribution in [3.05, 3.63) is 23.9 Å². The maximum Gasteiger partial charge on any atom is 0.433 e. The van der Waals surface area contributed by atoms with Crippen LogP contribution in [0.3, 0.4) is 0 Å². The van der Waals surface area contributed by atoms with Crippen LogP contribution < -0.4 is 10.6 Å². The van der Waals surface area contributed by atoms with Gasteiger partial charge in [0, 0.05) is 6.04 Å². The van der Waals surface area contributed by atoms with E-state index in [9.17, 15) is 26.3 Å². The number of hydrogen-bond donors (Lipinski definition) is 2. The van der Waals surface area contributed by atoms with Crippen molar-refractivity contribution in [2.45, 2.75) is 58.0 Å². The molecule has 0 unspecified atom stereocenters. The van der Waals surface area contributed by atoms with E-state index in [1.54, 1.807) is 6.92 Å². The summed E-state index contributed by atoms with van der Waals surface area (Å²) in [5, 5.41) is 5.06. The molecule has 6 nitrogen and oxygen atoms in total. The van der Waals surface area contributed by atoms with Crippen molar-refractivity contribution in [2.24, 2.45) is 0 Å². The molecule has 2 rings (SSSR count). The van der Waals surface area contributed by atoms with Gasteiger partial charge in [0.25, 0.3) is 0 Å². The summed E-state index contributed by atoms with van der Waals surface area (Å²) in [6.45, 7) is 4.99. The molecule has 2 aromatic heterocycles. The Morgan fingerprint density at radius 3 is 2.00 bits per heavy atom. The minimum atomic E-state index is -4.69. The average molecular weight is 422 g/mol. The summed E-state index contributed by atoms with van der Waals surface area (Å²) in [4.78, 5) is 15.3. The van der Waals surface area contributed by atoms with Gasteiger partial charge < -0.3 is 10.6 Å². The molecule has 0 aromatic carbocycles. The van der Waals surface area contributed by atoms with Crippen molar-refractivity contribution in [3.8, 4) is 11.5 Å². The summed E-state index contributed by atoms with van der Waals surface area (Å²) in [5.74, 6) is -0.760. The highest BCUT2D eigenvalue weighted by Gasteiger charge is 2.39. The molecule has 160 valence electrons. The quantitative estimate of drug-likeness (QED) is 0.618. The lowest BCUT2D eigenvalue weighted by atomic mass is 10.2. The van der Waals surface area contributed by atoms with Gasteiger partial charge in [-0.25, -0.2) is 4.98 Å². The minimum Gasteiger partial charge on any atom is -0.352 e. The molecule has 2 aromatic rings. The Labute approximate surface area is 163 Å². The second-order valence-electron chi connectivity index (χ2n) is 6.31. The zero-order valence-corrected chi connectivity index (χ0v) is 15.9. The molecule has 0 saturated heterocycles. The monoisotopic (exact) mass is 422 g/mol. The van der Waals surface area contributed by atoms with Gasteiger partial charge in [0.2, 0.25) is 11.9 Å². The summed E-state index contributed by atoms with van der Waals surface area (Å²) >= 11 is 0. The lowest BCUT2D eigenvalue weighted by Gasteiger charge is -2.21. The fraction of sp³-hybridized carbons (Fsp3) is 0.529. The maximum absolute atomic E-state index is 13.1. The molecule has 0 amide bonds. The van der Waals surface area contributed by atoms with E-state index >= 15 is 0 Å². The van der Waals surface area contributed by atoms with Crippen LogP contribution in [0, 0.1) is 0 Å². The number of alkyl halides is 6. The van der Waals surface area contributed by atoms with Crippen molar-refractivity contribution in [1.29, 1.82) is 0 Å². The molecular weight excluding hydrogens is 402 g/mol. The summed E-state index contributed by atoms with van der Waals surface area (Å²) in [6, 6.07) is 1.08. The Hall–Kier alpha value is -2.66. The topological polar surface area (TPSA) is 75.6 Å². The van der Waals surface area contributed by atoms with E-state index < -0.39 is 30.0 Å². The van der Waals surface area contributed by atoms with Crippen molar-refractivity contribution < 1.29 is 26.3 Å². The van der Waals surface area contributed by atoms with Crippen LogP contribution in [-0.4, -0.2) is 38.2 Å². The van der Waals surface area contributed by atoms with E-state index in [1.807, 2.05) is 6.92 Å². The van der Waals surface area contributed by atoms with Crippen molar-refractivity contribution in [2.75, 3.05) is 10.6 Å². The van der Waals surface area contributed by atoms with E-state index in [-0.39, 0.29) is 29.9 Å². The first kappa shape index (κ1) is 22.6. The van der Waals surface area contributed by atoms with E-state index in [2.05, 4.69) is 30.6 Å². The maximum atomic E-state index is 13.1. The Kier molecular flexibility index (Phi) is 6.85. The first-order valence-electron chi connectivity index (χ1n) is 8.84. The van der Waals surface area contributed by atoms with Crippen molar-refractivity contribution in [3.63, 3.8) is 0 Å². The predicted molar refractivity (Wildman–Crippen MR) is 95.2 cm³/mol. The van der Waals surface area contributed by atoms with Gasteiger partial charge >= 0.3 is 12.4 Å². The van der Waals surface area contributed by atoms with Crippen LogP contribution in [0.5, 0.6) is 0 Å². The smallest absolute Gasteiger partial charge is 0.352 e. The van der Waals surface area contributed by atoms with Crippen LogP contribution in [0.15, 0.2) is 18.2 Å². The lowest BCUT2D eigenvalue weighted by Crippen LogP contribution is -2.36.